The van der Waals surface area contributed by atoms with Crippen molar-refractivity contribution >= 4 is 11.9 Å². The molecule has 0 fully saturated rings. The van der Waals surface area contributed by atoms with Gasteiger partial charge in [0.1, 0.15) is 6.04 Å². The Bertz CT molecular complexity index is 755. The van der Waals surface area contributed by atoms with E-state index in [0.29, 0.717) is 18.9 Å². The van der Waals surface area contributed by atoms with Gasteiger partial charge in [-0.05, 0) is 19.8 Å². The maximum absolute atomic E-state index is 12.3. The van der Waals surface area contributed by atoms with Crippen molar-refractivity contribution in [3.63, 3.8) is 0 Å². The van der Waals surface area contributed by atoms with Gasteiger partial charge in [-0.1, -0.05) is 50.6 Å². The van der Waals surface area contributed by atoms with Crippen LogP contribution in [0.15, 0.2) is 34.7 Å². The number of nitrogens with one attached hydrogen (secondary N) is 1. The van der Waals surface area contributed by atoms with Crippen molar-refractivity contribution in [3.05, 3.63) is 41.9 Å². The van der Waals surface area contributed by atoms with Crippen molar-refractivity contribution in [1.82, 2.24) is 10.3 Å². The second kappa shape index (κ2) is 9.90. The summed E-state index contributed by atoms with van der Waals surface area (Å²) in [6.07, 6.45) is 1.33. The Hall–Kier alpha value is -2.63. The first-order valence-corrected chi connectivity index (χ1v) is 9.43. The van der Waals surface area contributed by atoms with Crippen molar-refractivity contribution in [2.75, 3.05) is 6.61 Å². The molecular formula is C21H28N2O4. The highest BCUT2D eigenvalue weighted by molar-refractivity contribution is 5.84. The molecule has 0 aliphatic heterocycles. The fourth-order valence-corrected chi connectivity index (χ4v) is 2.78. The van der Waals surface area contributed by atoms with Crippen LogP contribution in [-0.4, -0.2) is 29.5 Å². The number of esters is 1. The third-order valence-electron chi connectivity index (χ3n) is 4.51. The third-order valence-corrected chi connectivity index (χ3v) is 4.51. The van der Waals surface area contributed by atoms with Crippen LogP contribution >= 0.6 is 0 Å². The van der Waals surface area contributed by atoms with Crippen LogP contribution in [0.2, 0.25) is 0 Å². The molecule has 27 heavy (non-hydrogen) atoms. The minimum atomic E-state index is -0.631. The van der Waals surface area contributed by atoms with Gasteiger partial charge < -0.3 is 14.5 Å². The molecule has 1 aromatic carbocycles. The van der Waals surface area contributed by atoms with Crippen LogP contribution in [0.3, 0.4) is 0 Å². The summed E-state index contributed by atoms with van der Waals surface area (Å²) in [5.74, 6) is 0.624. The number of nitrogens with zero attached hydrogens (tertiary/aromatic N) is 1. The monoisotopic (exact) mass is 372 g/mol. The lowest BCUT2D eigenvalue weighted by atomic mass is 9.99. The lowest BCUT2D eigenvalue weighted by molar-refractivity contribution is -0.149. The Labute approximate surface area is 160 Å². The molecule has 6 heteroatoms. The van der Waals surface area contributed by atoms with Gasteiger partial charge in [-0.25, -0.2) is 9.78 Å². The summed E-state index contributed by atoms with van der Waals surface area (Å²) in [7, 11) is 0. The van der Waals surface area contributed by atoms with Crippen molar-refractivity contribution in [2.24, 2.45) is 5.92 Å². The highest BCUT2D eigenvalue weighted by atomic mass is 16.5. The number of ether oxygens (including phenoxy) is 1. The van der Waals surface area contributed by atoms with E-state index in [1.54, 1.807) is 6.92 Å². The van der Waals surface area contributed by atoms with Crippen LogP contribution in [0.1, 0.15) is 45.2 Å². The van der Waals surface area contributed by atoms with Crippen LogP contribution in [0, 0.1) is 12.8 Å². The number of oxazole rings is 1. The Morgan fingerprint density at radius 1 is 1.22 bits per heavy atom. The quantitative estimate of drug-likeness (QED) is 0.679. The van der Waals surface area contributed by atoms with Crippen molar-refractivity contribution < 1.29 is 18.7 Å². The summed E-state index contributed by atoms with van der Waals surface area (Å²) < 4.78 is 10.9. The zero-order valence-corrected chi connectivity index (χ0v) is 16.5. The number of hydrogen-bond acceptors (Lipinski definition) is 5. The molecule has 0 bridgehead atoms. The molecule has 0 radical (unpaired) electrons. The van der Waals surface area contributed by atoms with Gasteiger partial charge in [-0.2, -0.15) is 0 Å². The van der Waals surface area contributed by atoms with Gasteiger partial charge in [0.2, 0.25) is 5.91 Å². The van der Waals surface area contributed by atoms with Crippen LogP contribution in [0.5, 0.6) is 0 Å². The summed E-state index contributed by atoms with van der Waals surface area (Å²) in [5, 5.41) is 2.79. The van der Waals surface area contributed by atoms with E-state index in [0.717, 1.165) is 23.4 Å². The highest BCUT2D eigenvalue weighted by Gasteiger charge is 2.27. The summed E-state index contributed by atoms with van der Waals surface area (Å²) >= 11 is 0. The minimum absolute atomic E-state index is 0.00154. The van der Waals surface area contributed by atoms with Gasteiger partial charge in [0.05, 0.1) is 12.3 Å². The SMILES string of the molecule is CCOC(=O)[C@H](NC(=O)CCc1nc(C)c(-c2ccccc2)o1)[C@H](C)CC. The Morgan fingerprint density at radius 2 is 1.93 bits per heavy atom. The highest BCUT2D eigenvalue weighted by Crippen LogP contribution is 2.24. The molecule has 146 valence electrons. The normalized spacial score (nSPS) is 13.0. The number of benzene rings is 1. The van der Waals surface area contributed by atoms with Crippen LogP contribution in [0.25, 0.3) is 11.3 Å². The summed E-state index contributed by atoms with van der Waals surface area (Å²) in [5.41, 5.74) is 1.75. The average Bonchev–Trinajstić information content (AvgIpc) is 3.05. The van der Waals surface area contributed by atoms with E-state index in [-0.39, 0.29) is 18.2 Å². The van der Waals surface area contributed by atoms with Crippen LogP contribution in [0.4, 0.5) is 0 Å². The molecule has 1 N–H and O–H groups in total. The van der Waals surface area contributed by atoms with Crippen molar-refractivity contribution in [2.45, 2.75) is 53.0 Å². The van der Waals surface area contributed by atoms with Crippen molar-refractivity contribution in [3.8, 4) is 11.3 Å². The van der Waals surface area contributed by atoms with E-state index in [1.807, 2.05) is 51.1 Å². The number of aryl methyl sites for hydroxylation is 2. The maximum Gasteiger partial charge on any atom is 0.328 e. The predicted molar refractivity (Wildman–Crippen MR) is 103 cm³/mol. The topological polar surface area (TPSA) is 81.4 Å². The zero-order valence-electron chi connectivity index (χ0n) is 16.5. The molecule has 0 spiro atoms. The molecule has 1 aromatic heterocycles. The zero-order chi connectivity index (χ0) is 19.8. The van der Waals surface area contributed by atoms with Gasteiger partial charge in [-0.3, -0.25) is 4.79 Å². The molecular weight excluding hydrogens is 344 g/mol. The fraction of sp³-hybridized carbons (Fsp3) is 0.476. The lowest BCUT2D eigenvalue weighted by Gasteiger charge is -2.22. The molecule has 0 saturated heterocycles. The molecule has 2 aromatic rings. The summed E-state index contributed by atoms with van der Waals surface area (Å²) in [6.45, 7) is 7.83. The Balaban J connectivity index is 1.97. The number of carbonyl (C=O) groups excluding carboxylic acids is 2. The lowest BCUT2D eigenvalue weighted by Crippen LogP contribution is -2.46. The molecule has 1 heterocycles. The number of carbonyl (C=O) groups is 2. The molecule has 6 nitrogen and oxygen atoms in total. The average molecular weight is 372 g/mol. The van der Waals surface area contributed by atoms with Gasteiger partial charge in [0, 0.05) is 18.4 Å². The smallest absolute Gasteiger partial charge is 0.328 e. The van der Waals surface area contributed by atoms with Gasteiger partial charge >= 0.3 is 5.97 Å². The van der Waals surface area contributed by atoms with E-state index in [9.17, 15) is 9.59 Å². The van der Waals surface area contributed by atoms with Gasteiger partial charge in [-0.15, -0.1) is 0 Å². The number of hydrogen-bond donors (Lipinski definition) is 1. The molecule has 1 amide bonds. The van der Waals surface area contributed by atoms with E-state index in [1.165, 1.54) is 0 Å². The second-order valence-corrected chi connectivity index (χ2v) is 6.57. The molecule has 0 aliphatic rings. The maximum atomic E-state index is 12.3. The molecule has 0 unspecified atom stereocenters. The molecule has 0 saturated carbocycles. The second-order valence-electron chi connectivity index (χ2n) is 6.57. The van der Waals surface area contributed by atoms with E-state index < -0.39 is 12.0 Å². The number of amides is 1. The Kier molecular flexibility index (Phi) is 7.58. The summed E-state index contributed by atoms with van der Waals surface area (Å²) in [6, 6.07) is 9.11. The molecule has 0 aliphatic carbocycles. The van der Waals surface area contributed by atoms with E-state index >= 15 is 0 Å². The molecule has 2 rings (SSSR count). The van der Waals surface area contributed by atoms with E-state index in [4.69, 9.17) is 9.15 Å². The standard InChI is InChI=1S/C21H28N2O4/c1-5-14(3)19(21(25)26-6-2)23-17(24)12-13-18-22-15(4)20(27-18)16-10-8-7-9-11-16/h7-11,14,19H,5-6,12-13H2,1-4H3,(H,23,24)/t14-,19-/m1/s1. The minimum Gasteiger partial charge on any atom is -0.464 e. The first-order valence-electron chi connectivity index (χ1n) is 9.43. The predicted octanol–water partition coefficient (Wildman–Crippen LogP) is 3.68. The Morgan fingerprint density at radius 3 is 2.56 bits per heavy atom. The first kappa shape index (κ1) is 20.7. The fourth-order valence-electron chi connectivity index (χ4n) is 2.78. The molecule has 2 atom stereocenters. The third kappa shape index (κ3) is 5.67. The van der Waals surface area contributed by atoms with E-state index in [2.05, 4.69) is 10.3 Å². The first-order chi connectivity index (χ1) is 13.0. The largest absolute Gasteiger partial charge is 0.464 e. The van der Waals surface area contributed by atoms with Gasteiger partial charge in [0.15, 0.2) is 11.7 Å². The number of aromatic nitrogens is 1. The number of rotatable bonds is 9. The van der Waals surface area contributed by atoms with Crippen LogP contribution < -0.4 is 5.32 Å². The summed E-state index contributed by atoms with van der Waals surface area (Å²) in [4.78, 5) is 28.8. The van der Waals surface area contributed by atoms with Gasteiger partial charge in [0.25, 0.3) is 0 Å². The van der Waals surface area contributed by atoms with Crippen LogP contribution in [-0.2, 0) is 20.7 Å². The van der Waals surface area contributed by atoms with Crippen molar-refractivity contribution in [1.29, 1.82) is 0 Å².